The summed E-state index contributed by atoms with van der Waals surface area (Å²) in [4.78, 5) is 15.0. The average Bonchev–Trinajstić information content (AvgIpc) is 2.83. The van der Waals surface area contributed by atoms with E-state index in [1.807, 2.05) is 12.5 Å². The van der Waals surface area contributed by atoms with Crippen LogP contribution in [0.1, 0.15) is 30.0 Å². The van der Waals surface area contributed by atoms with Crippen LogP contribution in [0, 0.1) is 0 Å². The van der Waals surface area contributed by atoms with Crippen LogP contribution < -0.4 is 5.32 Å². The van der Waals surface area contributed by atoms with E-state index in [-0.39, 0.29) is 5.37 Å². The average molecular weight is 239 g/mol. The minimum Gasteiger partial charge on any atom is -0.480 e. The third-order valence-corrected chi connectivity index (χ3v) is 4.22. The molecule has 0 amide bonds. The van der Waals surface area contributed by atoms with Gasteiger partial charge in [-0.25, -0.2) is 4.98 Å². The summed E-state index contributed by atoms with van der Waals surface area (Å²) < 4.78 is 2.18. The van der Waals surface area contributed by atoms with Gasteiger partial charge in [-0.05, 0) is 12.8 Å². The van der Waals surface area contributed by atoms with Gasteiger partial charge in [0.05, 0.1) is 23.6 Å². The number of imidazole rings is 1. The number of carboxylic acid groups (broad SMARTS) is 1. The molecular formula is C10H13N3O2S. The highest BCUT2D eigenvalue weighted by molar-refractivity contribution is 7.99. The van der Waals surface area contributed by atoms with Gasteiger partial charge < -0.3 is 9.67 Å². The number of rotatable bonds is 3. The molecule has 3 rings (SSSR count). The van der Waals surface area contributed by atoms with Crippen molar-refractivity contribution in [1.82, 2.24) is 14.9 Å². The quantitative estimate of drug-likeness (QED) is 0.824. The van der Waals surface area contributed by atoms with Gasteiger partial charge in [-0.2, -0.15) is 0 Å². The summed E-state index contributed by atoms with van der Waals surface area (Å²) in [6.45, 7) is 0. The van der Waals surface area contributed by atoms with Crippen LogP contribution in [0.15, 0.2) is 12.5 Å². The summed E-state index contributed by atoms with van der Waals surface area (Å²) in [5, 5.41) is 12.1. The van der Waals surface area contributed by atoms with Crippen molar-refractivity contribution in [3.05, 3.63) is 18.2 Å². The van der Waals surface area contributed by atoms with Crippen LogP contribution in [-0.4, -0.2) is 32.4 Å². The van der Waals surface area contributed by atoms with Crippen molar-refractivity contribution >= 4 is 17.7 Å². The number of carbonyl (C=O) groups is 1. The number of hydrogen-bond donors (Lipinski definition) is 2. The molecule has 1 aromatic heterocycles. The lowest BCUT2D eigenvalue weighted by atomic mass is 10.3. The van der Waals surface area contributed by atoms with Gasteiger partial charge >= 0.3 is 5.97 Å². The van der Waals surface area contributed by atoms with E-state index >= 15 is 0 Å². The predicted molar refractivity (Wildman–Crippen MR) is 60.3 cm³/mol. The van der Waals surface area contributed by atoms with Crippen LogP contribution in [0.3, 0.4) is 0 Å². The molecule has 1 aliphatic carbocycles. The highest BCUT2D eigenvalue weighted by Crippen LogP contribution is 2.40. The molecule has 2 unspecified atom stereocenters. The summed E-state index contributed by atoms with van der Waals surface area (Å²) in [7, 11) is 0. The molecular weight excluding hydrogens is 226 g/mol. The number of aliphatic carboxylic acids is 1. The van der Waals surface area contributed by atoms with E-state index in [2.05, 4.69) is 14.9 Å². The van der Waals surface area contributed by atoms with Gasteiger partial charge in [0.15, 0.2) is 0 Å². The monoisotopic (exact) mass is 239 g/mol. The zero-order valence-electron chi connectivity index (χ0n) is 8.67. The Kier molecular flexibility index (Phi) is 2.40. The van der Waals surface area contributed by atoms with Crippen molar-refractivity contribution in [1.29, 1.82) is 0 Å². The molecule has 1 aliphatic heterocycles. The lowest BCUT2D eigenvalue weighted by Crippen LogP contribution is -2.34. The molecule has 2 atom stereocenters. The van der Waals surface area contributed by atoms with E-state index in [1.54, 1.807) is 11.8 Å². The second-order valence-corrected chi connectivity index (χ2v) is 5.37. The van der Waals surface area contributed by atoms with Crippen LogP contribution in [0.25, 0.3) is 0 Å². The predicted octanol–water partition coefficient (Wildman–Crippen LogP) is 1.01. The minimum absolute atomic E-state index is 0.0733. The third-order valence-electron chi connectivity index (χ3n) is 2.99. The van der Waals surface area contributed by atoms with Crippen LogP contribution in [0.2, 0.25) is 0 Å². The van der Waals surface area contributed by atoms with Crippen molar-refractivity contribution in [2.45, 2.75) is 30.3 Å². The number of nitrogens with zero attached hydrogens (tertiary/aromatic N) is 2. The van der Waals surface area contributed by atoms with Gasteiger partial charge in [0.2, 0.25) is 0 Å². The Morgan fingerprint density at radius 2 is 2.44 bits per heavy atom. The second-order valence-electron chi connectivity index (χ2n) is 4.23. The van der Waals surface area contributed by atoms with Crippen molar-refractivity contribution in [2.75, 3.05) is 5.75 Å². The van der Waals surface area contributed by atoms with Crippen LogP contribution in [-0.2, 0) is 4.79 Å². The lowest BCUT2D eigenvalue weighted by molar-refractivity contribution is -0.138. The fraction of sp³-hybridized carbons (Fsp3) is 0.600. The molecule has 2 N–H and O–H groups in total. The molecule has 0 radical (unpaired) electrons. The summed E-state index contributed by atoms with van der Waals surface area (Å²) in [6, 6.07) is 0.154. The van der Waals surface area contributed by atoms with E-state index in [0.717, 1.165) is 5.69 Å². The van der Waals surface area contributed by atoms with Gasteiger partial charge in [-0.3, -0.25) is 10.1 Å². The zero-order chi connectivity index (χ0) is 11.1. The maximum Gasteiger partial charge on any atom is 0.321 e. The first-order chi connectivity index (χ1) is 7.75. The molecule has 1 saturated heterocycles. The zero-order valence-corrected chi connectivity index (χ0v) is 9.48. The van der Waals surface area contributed by atoms with E-state index in [9.17, 15) is 4.79 Å². The maximum absolute atomic E-state index is 10.8. The summed E-state index contributed by atoms with van der Waals surface area (Å²) in [5.74, 6) is -0.150. The highest BCUT2D eigenvalue weighted by atomic mass is 32.2. The number of hydrogen-bond acceptors (Lipinski definition) is 4. The highest BCUT2D eigenvalue weighted by Gasteiger charge is 2.34. The Morgan fingerprint density at radius 1 is 1.62 bits per heavy atom. The molecule has 0 spiro atoms. The van der Waals surface area contributed by atoms with Gasteiger partial charge in [-0.1, -0.05) is 0 Å². The molecule has 2 fully saturated rings. The Balaban J connectivity index is 1.77. The number of thioether (sulfide) groups is 1. The van der Waals surface area contributed by atoms with Crippen LogP contribution in [0.5, 0.6) is 0 Å². The summed E-state index contributed by atoms with van der Waals surface area (Å²) >= 11 is 1.64. The first kappa shape index (κ1) is 10.2. The van der Waals surface area contributed by atoms with E-state index in [1.165, 1.54) is 12.8 Å². The molecule has 0 aromatic carbocycles. The Morgan fingerprint density at radius 3 is 3.06 bits per heavy atom. The van der Waals surface area contributed by atoms with Crippen molar-refractivity contribution in [3.63, 3.8) is 0 Å². The largest absolute Gasteiger partial charge is 0.480 e. The van der Waals surface area contributed by atoms with E-state index in [4.69, 9.17) is 5.11 Å². The molecule has 6 heteroatoms. The van der Waals surface area contributed by atoms with Gasteiger partial charge in [0.1, 0.15) is 6.04 Å². The van der Waals surface area contributed by atoms with Crippen molar-refractivity contribution in [3.8, 4) is 0 Å². The molecule has 1 aromatic rings. The van der Waals surface area contributed by atoms with E-state index < -0.39 is 12.0 Å². The Labute approximate surface area is 97.2 Å². The van der Waals surface area contributed by atoms with Crippen molar-refractivity contribution in [2.24, 2.45) is 0 Å². The molecule has 2 aliphatic rings. The van der Waals surface area contributed by atoms with Crippen molar-refractivity contribution < 1.29 is 9.90 Å². The second kappa shape index (κ2) is 3.78. The SMILES string of the molecule is O=C(O)C1CSC(c2cncn2C2CC2)N1. The summed E-state index contributed by atoms with van der Waals surface area (Å²) in [5.41, 5.74) is 1.11. The van der Waals surface area contributed by atoms with Crippen LogP contribution >= 0.6 is 11.8 Å². The number of nitrogens with one attached hydrogen (secondary N) is 1. The van der Waals surface area contributed by atoms with E-state index in [0.29, 0.717) is 11.8 Å². The Hall–Kier alpha value is -1.01. The standard InChI is InChI=1S/C10H13N3O2S/c14-10(15)7-4-16-9(12-7)8-3-11-5-13(8)6-1-2-6/h3,5-7,9,12H,1-2,4H2,(H,14,15). The number of carboxylic acids is 1. The number of aromatic nitrogens is 2. The first-order valence-electron chi connectivity index (χ1n) is 5.38. The molecule has 0 bridgehead atoms. The molecule has 86 valence electrons. The molecule has 1 saturated carbocycles. The Bertz CT molecular complexity index is 416. The third kappa shape index (κ3) is 1.72. The first-order valence-corrected chi connectivity index (χ1v) is 6.43. The fourth-order valence-corrected chi connectivity index (χ4v) is 3.20. The van der Waals surface area contributed by atoms with Gasteiger partial charge in [0, 0.05) is 11.8 Å². The van der Waals surface area contributed by atoms with Gasteiger partial charge in [-0.15, -0.1) is 11.8 Å². The summed E-state index contributed by atoms with van der Waals surface area (Å²) in [6.07, 6.45) is 6.11. The minimum atomic E-state index is -0.771. The molecule has 5 nitrogen and oxygen atoms in total. The normalized spacial score (nSPS) is 29.5. The fourth-order valence-electron chi connectivity index (χ4n) is 1.96. The van der Waals surface area contributed by atoms with Crippen LogP contribution in [0.4, 0.5) is 0 Å². The molecule has 16 heavy (non-hydrogen) atoms. The lowest BCUT2D eigenvalue weighted by Gasteiger charge is -2.13. The topological polar surface area (TPSA) is 67.1 Å². The van der Waals surface area contributed by atoms with Gasteiger partial charge in [0.25, 0.3) is 0 Å². The smallest absolute Gasteiger partial charge is 0.321 e. The molecule has 2 heterocycles. The maximum atomic E-state index is 10.8.